The van der Waals surface area contributed by atoms with E-state index in [2.05, 4.69) is 0 Å². The summed E-state index contributed by atoms with van der Waals surface area (Å²) in [5.41, 5.74) is 6.70. The SMILES string of the molecule is Cc1cccc(C(=O)N2CC3CCC(N)C3C2)c1[N+](=O)[O-]. The highest BCUT2D eigenvalue weighted by atomic mass is 16.6. The van der Waals surface area contributed by atoms with Crippen molar-refractivity contribution >= 4 is 11.6 Å². The van der Waals surface area contributed by atoms with Crippen LogP contribution >= 0.6 is 0 Å². The van der Waals surface area contributed by atoms with Gasteiger partial charge in [-0.15, -0.1) is 0 Å². The molecule has 0 radical (unpaired) electrons. The maximum Gasteiger partial charge on any atom is 0.285 e. The molecule has 2 fully saturated rings. The highest BCUT2D eigenvalue weighted by Gasteiger charge is 2.43. The van der Waals surface area contributed by atoms with E-state index in [9.17, 15) is 14.9 Å². The van der Waals surface area contributed by atoms with Crippen molar-refractivity contribution in [2.75, 3.05) is 13.1 Å². The molecule has 1 aliphatic heterocycles. The number of carbonyl (C=O) groups is 1. The number of carbonyl (C=O) groups excluding carboxylic acids is 1. The minimum Gasteiger partial charge on any atom is -0.338 e. The van der Waals surface area contributed by atoms with Crippen LogP contribution in [0.25, 0.3) is 0 Å². The number of likely N-dealkylation sites (tertiary alicyclic amines) is 1. The predicted octanol–water partition coefficient (Wildman–Crippen LogP) is 1.71. The minimum atomic E-state index is -0.467. The minimum absolute atomic E-state index is 0.0798. The van der Waals surface area contributed by atoms with Crippen LogP contribution < -0.4 is 5.73 Å². The monoisotopic (exact) mass is 289 g/mol. The first-order valence-corrected chi connectivity index (χ1v) is 7.28. The van der Waals surface area contributed by atoms with Crippen LogP contribution in [0, 0.1) is 28.9 Å². The second kappa shape index (κ2) is 5.11. The van der Waals surface area contributed by atoms with Crippen molar-refractivity contribution in [2.24, 2.45) is 17.6 Å². The van der Waals surface area contributed by atoms with Crippen LogP contribution in [0.4, 0.5) is 5.69 Å². The van der Waals surface area contributed by atoms with Crippen LogP contribution in [0.2, 0.25) is 0 Å². The Morgan fingerprint density at radius 2 is 2.14 bits per heavy atom. The quantitative estimate of drug-likeness (QED) is 0.663. The maximum atomic E-state index is 12.6. The summed E-state index contributed by atoms with van der Waals surface area (Å²) in [4.78, 5) is 25.1. The molecular weight excluding hydrogens is 270 g/mol. The average Bonchev–Trinajstić information content (AvgIpc) is 3.00. The fraction of sp³-hybridized carbons (Fsp3) is 0.533. The number of rotatable bonds is 2. The second-order valence-electron chi connectivity index (χ2n) is 6.10. The number of hydrogen-bond acceptors (Lipinski definition) is 4. The van der Waals surface area contributed by atoms with Crippen molar-refractivity contribution in [3.63, 3.8) is 0 Å². The summed E-state index contributed by atoms with van der Waals surface area (Å²) in [6.45, 7) is 2.95. The Labute approximate surface area is 123 Å². The van der Waals surface area contributed by atoms with Gasteiger partial charge in [-0.05, 0) is 37.7 Å². The van der Waals surface area contributed by atoms with Gasteiger partial charge in [0.1, 0.15) is 5.56 Å². The van der Waals surface area contributed by atoms with Crippen molar-refractivity contribution in [1.29, 1.82) is 0 Å². The Bertz CT molecular complexity index is 602. The molecule has 0 spiro atoms. The third-order valence-electron chi connectivity index (χ3n) is 4.85. The topological polar surface area (TPSA) is 89.5 Å². The van der Waals surface area contributed by atoms with Crippen LogP contribution in [-0.2, 0) is 0 Å². The van der Waals surface area contributed by atoms with E-state index in [1.807, 2.05) is 0 Å². The lowest BCUT2D eigenvalue weighted by Gasteiger charge is -2.19. The van der Waals surface area contributed by atoms with Gasteiger partial charge in [-0.1, -0.05) is 12.1 Å². The van der Waals surface area contributed by atoms with Crippen LogP contribution in [-0.4, -0.2) is 34.9 Å². The summed E-state index contributed by atoms with van der Waals surface area (Å²) in [5, 5.41) is 11.2. The molecular formula is C15H19N3O3. The number of fused-ring (bicyclic) bond motifs is 1. The first-order chi connectivity index (χ1) is 9.99. The Morgan fingerprint density at radius 1 is 1.38 bits per heavy atom. The van der Waals surface area contributed by atoms with Crippen LogP contribution in [0.15, 0.2) is 18.2 Å². The van der Waals surface area contributed by atoms with E-state index in [0.717, 1.165) is 12.8 Å². The van der Waals surface area contributed by atoms with Gasteiger partial charge in [0.15, 0.2) is 0 Å². The number of nitrogens with two attached hydrogens (primary N) is 1. The third-order valence-corrected chi connectivity index (χ3v) is 4.85. The number of para-hydroxylation sites is 1. The number of benzene rings is 1. The molecule has 0 aromatic heterocycles. The molecule has 21 heavy (non-hydrogen) atoms. The predicted molar refractivity (Wildman–Crippen MR) is 77.9 cm³/mol. The zero-order chi connectivity index (χ0) is 15.1. The number of nitro groups is 1. The highest BCUT2D eigenvalue weighted by molar-refractivity contribution is 5.98. The number of amides is 1. The molecule has 3 unspecified atom stereocenters. The average molecular weight is 289 g/mol. The molecule has 3 atom stereocenters. The molecule has 1 aromatic carbocycles. The van der Waals surface area contributed by atoms with E-state index in [1.165, 1.54) is 0 Å². The van der Waals surface area contributed by atoms with Gasteiger partial charge in [0.05, 0.1) is 4.92 Å². The standard InChI is InChI=1S/C15H19N3O3/c1-9-3-2-4-11(14(9)18(20)21)15(19)17-7-10-5-6-13(16)12(10)8-17/h2-4,10,12-13H,5-8,16H2,1H3. The van der Waals surface area contributed by atoms with Crippen molar-refractivity contribution in [2.45, 2.75) is 25.8 Å². The van der Waals surface area contributed by atoms with E-state index >= 15 is 0 Å². The van der Waals surface area contributed by atoms with Gasteiger partial charge in [0.25, 0.3) is 11.6 Å². The summed E-state index contributed by atoms with van der Waals surface area (Å²) in [6.07, 6.45) is 2.06. The molecule has 1 aromatic rings. The normalized spacial score (nSPS) is 27.7. The van der Waals surface area contributed by atoms with Crippen LogP contribution in [0.1, 0.15) is 28.8 Å². The van der Waals surface area contributed by atoms with Crippen molar-refractivity contribution in [3.8, 4) is 0 Å². The van der Waals surface area contributed by atoms with E-state index in [-0.39, 0.29) is 23.2 Å². The number of aryl methyl sites for hydroxylation is 1. The molecule has 112 valence electrons. The Morgan fingerprint density at radius 3 is 2.81 bits per heavy atom. The number of nitro benzene ring substituents is 1. The van der Waals surface area contributed by atoms with Crippen molar-refractivity contribution in [3.05, 3.63) is 39.4 Å². The molecule has 2 N–H and O–H groups in total. The van der Waals surface area contributed by atoms with Gasteiger partial charge in [0, 0.05) is 24.7 Å². The molecule has 1 saturated heterocycles. The van der Waals surface area contributed by atoms with Gasteiger partial charge in [-0.3, -0.25) is 14.9 Å². The van der Waals surface area contributed by atoms with Crippen LogP contribution in [0.5, 0.6) is 0 Å². The fourth-order valence-corrected chi connectivity index (χ4v) is 3.72. The van der Waals surface area contributed by atoms with Gasteiger partial charge in [-0.25, -0.2) is 0 Å². The Balaban J connectivity index is 1.87. The van der Waals surface area contributed by atoms with E-state index in [0.29, 0.717) is 30.5 Å². The summed E-state index contributed by atoms with van der Waals surface area (Å²) in [7, 11) is 0. The Hall–Kier alpha value is -1.95. The largest absolute Gasteiger partial charge is 0.338 e. The number of hydrogen-bond donors (Lipinski definition) is 1. The molecule has 1 heterocycles. The second-order valence-corrected chi connectivity index (χ2v) is 6.10. The van der Waals surface area contributed by atoms with E-state index < -0.39 is 4.92 Å². The molecule has 6 heteroatoms. The summed E-state index contributed by atoms with van der Waals surface area (Å²) in [5.74, 6) is 0.553. The number of nitrogens with zero attached hydrogens (tertiary/aromatic N) is 2. The van der Waals surface area contributed by atoms with Gasteiger partial charge in [-0.2, -0.15) is 0 Å². The first-order valence-electron chi connectivity index (χ1n) is 7.28. The maximum absolute atomic E-state index is 12.6. The van der Waals surface area contributed by atoms with E-state index in [4.69, 9.17) is 5.73 Å². The first kappa shape index (κ1) is 14.0. The highest BCUT2D eigenvalue weighted by Crippen LogP contribution is 2.38. The Kier molecular flexibility index (Phi) is 3.41. The zero-order valence-electron chi connectivity index (χ0n) is 12.0. The summed E-state index contributed by atoms with van der Waals surface area (Å²) < 4.78 is 0. The lowest BCUT2D eigenvalue weighted by molar-refractivity contribution is -0.385. The summed E-state index contributed by atoms with van der Waals surface area (Å²) in [6, 6.07) is 5.05. The molecule has 1 aliphatic carbocycles. The zero-order valence-corrected chi connectivity index (χ0v) is 12.0. The van der Waals surface area contributed by atoms with Crippen LogP contribution in [0.3, 0.4) is 0 Å². The van der Waals surface area contributed by atoms with E-state index in [1.54, 1.807) is 30.0 Å². The molecule has 1 saturated carbocycles. The molecule has 1 amide bonds. The molecule has 0 bridgehead atoms. The van der Waals surface area contributed by atoms with Crippen molar-refractivity contribution in [1.82, 2.24) is 4.90 Å². The van der Waals surface area contributed by atoms with Gasteiger partial charge in [0.2, 0.25) is 0 Å². The fourth-order valence-electron chi connectivity index (χ4n) is 3.72. The molecule has 6 nitrogen and oxygen atoms in total. The lowest BCUT2D eigenvalue weighted by Crippen LogP contribution is -2.33. The molecule has 2 aliphatic rings. The van der Waals surface area contributed by atoms with Gasteiger partial charge >= 0.3 is 0 Å². The smallest absolute Gasteiger partial charge is 0.285 e. The third kappa shape index (κ3) is 2.29. The summed E-state index contributed by atoms with van der Waals surface area (Å²) >= 11 is 0. The molecule has 3 rings (SSSR count). The van der Waals surface area contributed by atoms with Crippen molar-refractivity contribution < 1.29 is 9.72 Å². The lowest BCUT2D eigenvalue weighted by atomic mass is 9.98. The van der Waals surface area contributed by atoms with Gasteiger partial charge < -0.3 is 10.6 Å².